The molecule has 0 N–H and O–H groups in total. The van der Waals surface area contributed by atoms with Crippen LogP contribution < -0.4 is 0 Å². The van der Waals surface area contributed by atoms with Crippen LogP contribution in [0.5, 0.6) is 0 Å². The summed E-state index contributed by atoms with van der Waals surface area (Å²) in [6, 6.07) is 12.1. The molecule has 2 saturated heterocycles. The zero-order chi connectivity index (χ0) is 17.2. The molecule has 0 unspecified atom stereocenters. The summed E-state index contributed by atoms with van der Waals surface area (Å²) in [4.78, 5) is 17.2. The van der Waals surface area contributed by atoms with E-state index in [9.17, 15) is 4.79 Å². The zero-order valence-electron chi connectivity index (χ0n) is 14.6. The van der Waals surface area contributed by atoms with Crippen LogP contribution in [0.25, 0.3) is 0 Å². The lowest BCUT2D eigenvalue weighted by atomic mass is 9.97. The van der Waals surface area contributed by atoms with Crippen LogP contribution in [-0.4, -0.2) is 54.1 Å². The number of fused-ring (bicyclic) bond motifs is 1. The number of furan rings is 1. The minimum Gasteiger partial charge on any atom is -0.459 e. The predicted octanol–water partition coefficient (Wildman–Crippen LogP) is 2.70. The molecule has 1 aromatic heterocycles. The summed E-state index contributed by atoms with van der Waals surface area (Å²) in [5, 5.41) is 0. The van der Waals surface area contributed by atoms with Gasteiger partial charge in [0.15, 0.2) is 5.76 Å². The largest absolute Gasteiger partial charge is 0.459 e. The van der Waals surface area contributed by atoms with Crippen LogP contribution in [0.3, 0.4) is 0 Å². The first-order valence-corrected chi connectivity index (χ1v) is 8.95. The first kappa shape index (κ1) is 16.4. The number of likely N-dealkylation sites (tertiary alicyclic amines) is 1. The van der Waals surface area contributed by atoms with E-state index in [1.54, 1.807) is 18.4 Å². The van der Waals surface area contributed by atoms with Crippen LogP contribution >= 0.6 is 0 Å². The van der Waals surface area contributed by atoms with Gasteiger partial charge in [-0.05, 0) is 36.6 Å². The molecule has 1 aromatic carbocycles. The lowest BCUT2D eigenvalue weighted by Crippen LogP contribution is -2.61. The number of piperidine rings is 1. The molecule has 3 heterocycles. The zero-order valence-corrected chi connectivity index (χ0v) is 14.6. The third kappa shape index (κ3) is 3.34. The Hall–Kier alpha value is -2.11. The highest BCUT2D eigenvalue weighted by Crippen LogP contribution is 2.26. The molecule has 0 bridgehead atoms. The van der Waals surface area contributed by atoms with Crippen molar-refractivity contribution in [2.75, 3.05) is 26.2 Å². The number of nitrogens with zero attached hydrogens (tertiary/aromatic N) is 2. The Morgan fingerprint density at radius 3 is 2.88 bits per heavy atom. The highest BCUT2D eigenvalue weighted by Gasteiger charge is 2.40. The number of carbonyl (C=O) groups excluding carboxylic acids is 1. The molecule has 0 spiro atoms. The minimum atomic E-state index is -0.0268. The summed E-state index contributed by atoms with van der Waals surface area (Å²) in [5.74, 6) is 0.387. The predicted molar refractivity (Wildman–Crippen MR) is 94.3 cm³/mol. The van der Waals surface area contributed by atoms with Crippen LogP contribution in [0, 0.1) is 6.92 Å². The van der Waals surface area contributed by atoms with Gasteiger partial charge in [0, 0.05) is 26.2 Å². The average Bonchev–Trinajstić information content (AvgIpc) is 3.17. The van der Waals surface area contributed by atoms with Gasteiger partial charge in [0.2, 0.25) is 0 Å². The van der Waals surface area contributed by atoms with Crippen LogP contribution in [-0.2, 0) is 11.3 Å². The number of rotatable bonds is 3. The molecule has 2 atom stereocenters. The van der Waals surface area contributed by atoms with Gasteiger partial charge in [-0.25, -0.2) is 0 Å². The van der Waals surface area contributed by atoms with Crippen LogP contribution in [0.15, 0.2) is 47.1 Å². The van der Waals surface area contributed by atoms with Gasteiger partial charge in [-0.2, -0.15) is 0 Å². The molecule has 0 radical (unpaired) electrons. The number of carbonyl (C=O) groups is 1. The van der Waals surface area contributed by atoms with Gasteiger partial charge >= 0.3 is 0 Å². The van der Waals surface area contributed by atoms with Gasteiger partial charge in [-0.1, -0.05) is 24.3 Å². The SMILES string of the molecule is Cc1ccccc1CN1CC[C@H]2OCCN(C(=O)c3ccco3)[C@@H]2C1. The second-order valence-corrected chi connectivity index (χ2v) is 6.90. The topological polar surface area (TPSA) is 45.9 Å². The van der Waals surface area contributed by atoms with E-state index in [1.807, 2.05) is 4.90 Å². The van der Waals surface area contributed by atoms with E-state index in [1.165, 1.54) is 11.1 Å². The number of hydrogen-bond donors (Lipinski definition) is 0. The standard InChI is InChI=1S/C20H24N2O3/c1-15-5-2-3-6-16(15)13-21-9-8-18-17(14-21)22(10-12-25-18)20(23)19-7-4-11-24-19/h2-7,11,17-18H,8-10,12-14H2,1H3/t17-,18-/m1/s1. The van der Waals surface area contributed by atoms with E-state index in [0.29, 0.717) is 18.9 Å². The molecule has 2 aliphatic rings. The number of benzene rings is 1. The Morgan fingerprint density at radius 1 is 1.20 bits per heavy atom. The van der Waals surface area contributed by atoms with Gasteiger partial charge in [-0.3, -0.25) is 9.69 Å². The van der Waals surface area contributed by atoms with E-state index < -0.39 is 0 Å². The number of morpholine rings is 1. The van der Waals surface area contributed by atoms with Crippen molar-refractivity contribution in [2.24, 2.45) is 0 Å². The minimum absolute atomic E-state index is 0.0268. The van der Waals surface area contributed by atoms with Crippen molar-refractivity contribution < 1.29 is 13.9 Å². The number of hydrogen-bond acceptors (Lipinski definition) is 4. The second kappa shape index (κ2) is 7.02. The van der Waals surface area contributed by atoms with E-state index >= 15 is 0 Å². The summed E-state index contributed by atoms with van der Waals surface area (Å²) in [5.41, 5.74) is 2.66. The third-order valence-electron chi connectivity index (χ3n) is 5.32. The Balaban J connectivity index is 1.49. The maximum absolute atomic E-state index is 12.8. The van der Waals surface area contributed by atoms with Crippen molar-refractivity contribution in [3.05, 3.63) is 59.5 Å². The fourth-order valence-electron chi connectivity index (χ4n) is 3.90. The summed E-state index contributed by atoms with van der Waals surface area (Å²) in [6.07, 6.45) is 2.63. The maximum Gasteiger partial charge on any atom is 0.290 e. The Kier molecular flexibility index (Phi) is 4.59. The van der Waals surface area contributed by atoms with E-state index in [2.05, 4.69) is 36.1 Å². The number of aryl methyl sites for hydroxylation is 1. The van der Waals surface area contributed by atoms with Gasteiger partial charge < -0.3 is 14.1 Å². The molecule has 132 valence electrons. The Bertz CT molecular complexity index is 728. The normalized spacial score (nSPS) is 24.1. The van der Waals surface area contributed by atoms with E-state index in [0.717, 1.165) is 26.1 Å². The van der Waals surface area contributed by atoms with Crippen molar-refractivity contribution in [2.45, 2.75) is 32.0 Å². The summed E-state index contributed by atoms with van der Waals surface area (Å²) in [7, 11) is 0. The fourth-order valence-corrected chi connectivity index (χ4v) is 3.90. The molecule has 1 amide bonds. The third-order valence-corrected chi connectivity index (χ3v) is 5.32. The smallest absolute Gasteiger partial charge is 0.290 e. The van der Waals surface area contributed by atoms with Gasteiger partial charge in [-0.15, -0.1) is 0 Å². The first-order chi connectivity index (χ1) is 12.2. The van der Waals surface area contributed by atoms with Crippen molar-refractivity contribution in [3.63, 3.8) is 0 Å². The molecular formula is C20H24N2O3. The highest BCUT2D eigenvalue weighted by molar-refractivity contribution is 5.91. The quantitative estimate of drug-likeness (QED) is 0.862. The molecule has 0 aliphatic carbocycles. The highest BCUT2D eigenvalue weighted by atomic mass is 16.5. The molecule has 0 saturated carbocycles. The lowest BCUT2D eigenvalue weighted by Gasteiger charge is -2.46. The Labute approximate surface area is 148 Å². The van der Waals surface area contributed by atoms with Crippen molar-refractivity contribution in [1.82, 2.24) is 9.80 Å². The van der Waals surface area contributed by atoms with Crippen LogP contribution in [0.2, 0.25) is 0 Å². The van der Waals surface area contributed by atoms with E-state index in [4.69, 9.17) is 9.15 Å². The van der Waals surface area contributed by atoms with Gasteiger partial charge in [0.25, 0.3) is 5.91 Å². The average molecular weight is 340 g/mol. The number of amides is 1. The second-order valence-electron chi connectivity index (χ2n) is 6.90. The summed E-state index contributed by atoms with van der Waals surface area (Å²) in [6.45, 7) is 6.13. The van der Waals surface area contributed by atoms with Crippen LogP contribution in [0.4, 0.5) is 0 Å². The maximum atomic E-state index is 12.8. The molecule has 2 aliphatic heterocycles. The molecule has 5 nitrogen and oxygen atoms in total. The lowest BCUT2D eigenvalue weighted by molar-refractivity contribution is -0.0919. The van der Waals surface area contributed by atoms with Crippen molar-refractivity contribution in [1.29, 1.82) is 0 Å². The Morgan fingerprint density at radius 2 is 2.08 bits per heavy atom. The molecule has 25 heavy (non-hydrogen) atoms. The summed E-state index contributed by atoms with van der Waals surface area (Å²) < 4.78 is 11.3. The fraction of sp³-hybridized carbons (Fsp3) is 0.450. The monoisotopic (exact) mass is 340 g/mol. The van der Waals surface area contributed by atoms with Crippen molar-refractivity contribution in [3.8, 4) is 0 Å². The van der Waals surface area contributed by atoms with E-state index in [-0.39, 0.29) is 18.1 Å². The molecule has 5 heteroatoms. The number of ether oxygens (including phenoxy) is 1. The summed E-state index contributed by atoms with van der Waals surface area (Å²) >= 11 is 0. The molecule has 2 fully saturated rings. The molecule has 4 rings (SSSR count). The van der Waals surface area contributed by atoms with Gasteiger partial charge in [0.1, 0.15) is 0 Å². The van der Waals surface area contributed by atoms with Crippen molar-refractivity contribution >= 4 is 5.91 Å². The molecular weight excluding hydrogens is 316 g/mol. The first-order valence-electron chi connectivity index (χ1n) is 8.95. The van der Waals surface area contributed by atoms with Crippen LogP contribution in [0.1, 0.15) is 28.1 Å². The molecule has 2 aromatic rings. The van der Waals surface area contributed by atoms with Gasteiger partial charge in [0.05, 0.1) is 25.0 Å².